The molecule has 5 atom stereocenters. The molecule has 0 aromatic rings. The smallest absolute Gasteiger partial charge is 0.322 e. The number of hydrogen-bond donors (Lipinski definition) is 5. The number of aliphatic carboxylic acids is 1. The Morgan fingerprint density at radius 2 is 2.06 bits per heavy atom. The van der Waals surface area contributed by atoms with Gasteiger partial charge in [0.15, 0.2) is 6.29 Å². The summed E-state index contributed by atoms with van der Waals surface area (Å²) >= 11 is 0. The molecular formula is C8H15NO7. The van der Waals surface area contributed by atoms with E-state index < -0.39 is 36.6 Å². The van der Waals surface area contributed by atoms with Crippen molar-refractivity contribution < 1.29 is 34.7 Å². The fourth-order valence-electron chi connectivity index (χ4n) is 1.20. The van der Waals surface area contributed by atoms with E-state index in [1.165, 1.54) is 0 Å². The molecule has 1 saturated heterocycles. The van der Waals surface area contributed by atoms with Gasteiger partial charge >= 0.3 is 5.97 Å². The summed E-state index contributed by atoms with van der Waals surface area (Å²) in [6.07, 6.45) is -5.21. The van der Waals surface area contributed by atoms with Gasteiger partial charge in [0.05, 0.1) is 13.2 Å². The number of nitrogens with two attached hydrogens (primary N) is 1. The van der Waals surface area contributed by atoms with Crippen LogP contribution in [0.1, 0.15) is 0 Å². The minimum atomic E-state index is -1.44. The largest absolute Gasteiger partial charge is 0.480 e. The lowest BCUT2D eigenvalue weighted by molar-refractivity contribution is -0.270. The van der Waals surface area contributed by atoms with Gasteiger partial charge < -0.3 is 35.6 Å². The molecule has 1 rings (SSSR count). The minimum Gasteiger partial charge on any atom is -0.480 e. The maximum absolute atomic E-state index is 10.4. The number of carboxylic acids is 1. The molecule has 0 radical (unpaired) electrons. The standard InChI is InChI=1S/C8H15NO7/c9-3(7(13)14)1-15-8-6(12)5(11)4(10)2-16-8/h3-6,8,10-12H,1-2,9H2,(H,13,14). The Balaban J connectivity index is 2.40. The van der Waals surface area contributed by atoms with Crippen molar-refractivity contribution in [2.75, 3.05) is 13.2 Å². The van der Waals surface area contributed by atoms with Crippen molar-refractivity contribution in [3.05, 3.63) is 0 Å². The third-order valence-electron chi connectivity index (χ3n) is 2.21. The molecule has 1 aliphatic heterocycles. The topological polar surface area (TPSA) is 142 Å². The summed E-state index contributed by atoms with van der Waals surface area (Å²) < 4.78 is 9.76. The second kappa shape index (κ2) is 5.53. The first kappa shape index (κ1) is 13.3. The van der Waals surface area contributed by atoms with Gasteiger partial charge in [0.25, 0.3) is 0 Å². The molecule has 94 valence electrons. The van der Waals surface area contributed by atoms with Crippen molar-refractivity contribution >= 4 is 5.97 Å². The zero-order valence-corrected chi connectivity index (χ0v) is 8.39. The van der Waals surface area contributed by atoms with Gasteiger partial charge in [-0.05, 0) is 0 Å². The van der Waals surface area contributed by atoms with Gasteiger partial charge in [-0.25, -0.2) is 0 Å². The summed E-state index contributed by atoms with van der Waals surface area (Å²) in [4.78, 5) is 10.4. The molecule has 1 aliphatic rings. The summed E-state index contributed by atoms with van der Waals surface area (Å²) in [6.45, 7) is -0.564. The van der Waals surface area contributed by atoms with Crippen LogP contribution < -0.4 is 5.73 Å². The maximum Gasteiger partial charge on any atom is 0.322 e. The number of rotatable bonds is 4. The van der Waals surface area contributed by atoms with Crippen molar-refractivity contribution in [1.29, 1.82) is 0 Å². The van der Waals surface area contributed by atoms with E-state index in [1.54, 1.807) is 0 Å². The van der Waals surface area contributed by atoms with E-state index >= 15 is 0 Å². The van der Waals surface area contributed by atoms with Gasteiger partial charge in [0.2, 0.25) is 0 Å². The maximum atomic E-state index is 10.4. The third-order valence-corrected chi connectivity index (χ3v) is 2.21. The summed E-state index contributed by atoms with van der Waals surface area (Å²) in [5, 5.41) is 36.3. The predicted octanol–water partition coefficient (Wildman–Crippen LogP) is -3.15. The molecule has 0 aromatic carbocycles. The van der Waals surface area contributed by atoms with Crippen molar-refractivity contribution in [3.8, 4) is 0 Å². The van der Waals surface area contributed by atoms with E-state index in [9.17, 15) is 15.0 Å². The molecule has 1 heterocycles. The fraction of sp³-hybridized carbons (Fsp3) is 0.875. The fourth-order valence-corrected chi connectivity index (χ4v) is 1.20. The summed E-state index contributed by atoms with van der Waals surface area (Å²) in [5.74, 6) is -1.24. The van der Waals surface area contributed by atoms with E-state index in [4.69, 9.17) is 25.4 Å². The van der Waals surface area contributed by atoms with Crippen LogP contribution >= 0.6 is 0 Å². The number of aliphatic hydroxyl groups excluding tert-OH is 3. The van der Waals surface area contributed by atoms with Crippen molar-refractivity contribution in [2.24, 2.45) is 5.73 Å². The lowest BCUT2D eigenvalue weighted by Crippen LogP contribution is -2.54. The van der Waals surface area contributed by atoms with Gasteiger partial charge in [-0.1, -0.05) is 0 Å². The average Bonchev–Trinajstić information content (AvgIpc) is 2.24. The highest BCUT2D eigenvalue weighted by Crippen LogP contribution is 2.16. The molecule has 0 aliphatic carbocycles. The molecule has 1 fully saturated rings. The van der Waals surface area contributed by atoms with Crippen LogP contribution in [-0.2, 0) is 14.3 Å². The molecule has 0 amide bonds. The van der Waals surface area contributed by atoms with Crippen molar-refractivity contribution in [3.63, 3.8) is 0 Å². The van der Waals surface area contributed by atoms with E-state index in [0.29, 0.717) is 0 Å². The minimum absolute atomic E-state index is 0.203. The normalized spacial score (nSPS) is 37.0. The molecule has 5 unspecified atom stereocenters. The zero-order chi connectivity index (χ0) is 12.3. The Morgan fingerprint density at radius 1 is 1.44 bits per heavy atom. The molecule has 0 saturated carbocycles. The monoisotopic (exact) mass is 237 g/mol. The van der Waals surface area contributed by atoms with Gasteiger partial charge in [-0.3, -0.25) is 4.79 Å². The predicted molar refractivity (Wildman–Crippen MR) is 49.3 cm³/mol. The summed E-state index contributed by atoms with van der Waals surface area (Å²) in [6, 6.07) is -1.24. The van der Waals surface area contributed by atoms with Gasteiger partial charge in [0.1, 0.15) is 24.4 Å². The Labute approximate surface area is 91.2 Å². The molecule has 6 N–H and O–H groups in total. The molecule has 0 aromatic heterocycles. The number of carboxylic acid groups (broad SMARTS) is 1. The third kappa shape index (κ3) is 3.11. The van der Waals surface area contributed by atoms with Gasteiger partial charge in [0, 0.05) is 0 Å². The van der Waals surface area contributed by atoms with Crippen LogP contribution in [0.15, 0.2) is 0 Å². The first-order valence-electron chi connectivity index (χ1n) is 4.69. The van der Waals surface area contributed by atoms with Crippen LogP contribution in [0.4, 0.5) is 0 Å². The van der Waals surface area contributed by atoms with Crippen LogP contribution in [0, 0.1) is 0 Å². The average molecular weight is 237 g/mol. The molecule has 0 spiro atoms. The van der Waals surface area contributed by atoms with Gasteiger partial charge in [-0.15, -0.1) is 0 Å². The number of hydrogen-bond acceptors (Lipinski definition) is 7. The zero-order valence-electron chi connectivity index (χ0n) is 8.39. The Morgan fingerprint density at radius 3 is 2.62 bits per heavy atom. The Kier molecular flexibility index (Phi) is 4.59. The first-order valence-corrected chi connectivity index (χ1v) is 4.69. The van der Waals surface area contributed by atoms with E-state index in [-0.39, 0.29) is 13.2 Å². The lowest BCUT2D eigenvalue weighted by Gasteiger charge is -2.35. The van der Waals surface area contributed by atoms with Gasteiger partial charge in [-0.2, -0.15) is 0 Å². The Bertz CT molecular complexity index is 249. The van der Waals surface area contributed by atoms with Crippen LogP contribution in [0.5, 0.6) is 0 Å². The van der Waals surface area contributed by atoms with Crippen LogP contribution in [0.25, 0.3) is 0 Å². The van der Waals surface area contributed by atoms with E-state index in [2.05, 4.69) is 0 Å². The summed E-state index contributed by atoms with van der Waals surface area (Å²) in [7, 11) is 0. The van der Waals surface area contributed by atoms with Crippen LogP contribution in [0.2, 0.25) is 0 Å². The van der Waals surface area contributed by atoms with Crippen LogP contribution in [-0.4, -0.2) is 70.3 Å². The first-order chi connectivity index (χ1) is 7.43. The van der Waals surface area contributed by atoms with E-state index in [0.717, 1.165) is 0 Å². The second-order valence-electron chi connectivity index (χ2n) is 3.53. The Hall–Kier alpha value is -0.770. The number of carbonyl (C=O) groups is 1. The number of aliphatic hydroxyl groups is 3. The van der Waals surface area contributed by atoms with E-state index in [1.807, 2.05) is 0 Å². The molecular weight excluding hydrogens is 222 g/mol. The second-order valence-corrected chi connectivity index (χ2v) is 3.53. The highest BCUT2D eigenvalue weighted by Gasteiger charge is 2.38. The SMILES string of the molecule is NC(COC1OCC(O)C(O)C1O)C(=O)O. The quantitative estimate of drug-likeness (QED) is 0.345. The summed E-state index contributed by atoms with van der Waals surface area (Å²) in [5.41, 5.74) is 5.17. The lowest BCUT2D eigenvalue weighted by atomic mass is 10.1. The molecule has 16 heavy (non-hydrogen) atoms. The highest BCUT2D eigenvalue weighted by molar-refractivity contribution is 5.73. The number of ether oxygens (including phenoxy) is 2. The molecule has 8 nitrogen and oxygen atoms in total. The van der Waals surface area contributed by atoms with Crippen molar-refractivity contribution in [1.82, 2.24) is 0 Å². The highest BCUT2D eigenvalue weighted by atomic mass is 16.7. The van der Waals surface area contributed by atoms with Crippen molar-refractivity contribution in [2.45, 2.75) is 30.6 Å². The molecule has 0 bridgehead atoms. The molecule has 8 heteroatoms. The van der Waals surface area contributed by atoms with Crippen LogP contribution in [0.3, 0.4) is 0 Å².